The third-order valence-electron chi connectivity index (χ3n) is 6.32. The Labute approximate surface area is 215 Å². The van der Waals surface area contributed by atoms with Crippen molar-refractivity contribution in [1.82, 2.24) is 20.9 Å². The molecule has 0 radical (unpaired) electrons. The monoisotopic (exact) mass is 522 g/mol. The number of nitrogens with zero attached hydrogens (tertiary/aromatic N) is 1. The molecule has 0 aliphatic carbocycles. The minimum Gasteiger partial charge on any atom is -0.483 e. The van der Waals surface area contributed by atoms with Crippen molar-refractivity contribution in [3.63, 3.8) is 0 Å². The normalized spacial score (nSPS) is 20.0. The van der Waals surface area contributed by atoms with Crippen molar-refractivity contribution in [3.05, 3.63) is 29.3 Å². The lowest BCUT2D eigenvalue weighted by Crippen LogP contribution is -2.54. The van der Waals surface area contributed by atoms with E-state index in [1.165, 1.54) is 12.1 Å². The van der Waals surface area contributed by atoms with Gasteiger partial charge >= 0.3 is 0 Å². The highest BCUT2D eigenvalue weighted by atomic mass is 35.5. The smallest absolute Gasteiger partial charge is 0.266 e. The first kappa shape index (κ1) is 27.6. The summed E-state index contributed by atoms with van der Waals surface area (Å²) in [4.78, 5) is 62.6. The molecule has 36 heavy (non-hydrogen) atoms. The lowest BCUT2D eigenvalue weighted by atomic mass is 10.0. The summed E-state index contributed by atoms with van der Waals surface area (Å²) in [6.45, 7) is 2.79. The van der Waals surface area contributed by atoms with Crippen molar-refractivity contribution < 1.29 is 33.4 Å². The molecular formula is C24H31ClN4O7. The number of unbranched alkanes of at least 4 members (excludes halogenated alkanes) is 1. The molecule has 3 N–H and O–H groups in total. The molecule has 0 spiro atoms. The molecule has 0 aromatic heterocycles. The van der Waals surface area contributed by atoms with Crippen molar-refractivity contribution in [2.75, 3.05) is 32.8 Å². The Kier molecular flexibility index (Phi) is 9.80. The number of piperidine rings is 2. The van der Waals surface area contributed by atoms with Gasteiger partial charge in [0, 0.05) is 19.6 Å². The molecule has 4 rings (SSSR count). The Hall–Kier alpha value is -3.02. The topological polar surface area (TPSA) is 143 Å². The number of imide groups is 2. The molecule has 11 nitrogen and oxygen atoms in total. The molecule has 1 atom stereocenters. The van der Waals surface area contributed by atoms with Gasteiger partial charge in [0.25, 0.3) is 17.7 Å². The predicted molar refractivity (Wildman–Crippen MR) is 130 cm³/mol. The fourth-order valence-electron chi connectivity index (χ4n) is 4.47. The molecule has 3 aliphatic rings. The average molecular weight is 523 g/mol. The van der Waals surface area contributed by atoms with E-state index in [1.54, 1.807) is 6.07 Å². The standard InChI is InChI=1S/C24H30N4O7.ClH/c29-19-7-6-17(22(31)27-19)28-23(32)16-4-3-5-18(21(16)24(28)33)35-14-20(30)26-10-1-2-13-34-15-8-11-25-12-9-15;/h3-5,15,17,25H,1-2,6-14H2,(H,26,30)(H,27,29,31);1H. The Balaban J connectivity index is 0.00000361. The fourth-order valence-corrected chi connectivity index (χ4v) is 4.47. The number of ether oxygens (including phenoxy) is 2. The van der Waals surface area contributed by atoms with E-state index in [4.69, 9.17) is 9.47 Å². The van der Waals surface area contributed by atoms with Gasteiger partial charge in [-0.05, 0) is 57.3 Å². The van der Waals surface area contributed by atoms with Gasteiger partial charge in [0.2, 0.25) is 11.8 Å². The van der Waals surface area contributed by atoms with Crippen molar-refractivity contribution in [2.24, 2.45) is 0 Å². The third kappa shape index (κ3) is 6.40. The van der Waals surface area contributed by atoms with E-state index < -0.39 is 29.7 Å². The maximum atomic E-state index is 13.0. The summed E-state index contributed by atoms with van der Waals surface area (Å²) >= 11 is 0. The largest absolute Gasteiger partial charge is 0.483 e. The first-order valence-corrected chi connectivity index (χ1v) is 12.0. The molecule has 3 heterocycles. The van der Waals surface area contributed by atoms with Crippen LogP contribution in [0.15, 0.2) is 18.2 Å². The number of hydrogen-bond acceptors (Lipinski definition) is 8. The van der Waals surface area contributed by atoms with E-state index in [0.717, 1.165) is 43.7 Å². The number of amides is 5. The number of benzene rings is 1. The van der Waals surface area contributed by atoms with E-state index in [-0.39, 0.29) is 54.6 Å². The summed E-state index contributed by atoms with van der Waals surface area (Å²) in [6, 6.07) is 3.46. The molecule has 2 saturated heterocycles. The second kappa shape index (κ2) is 12.8. The van der Waals surface area contributed by atoms with Crippen LogP contribution in [-0.4, -0.2) is 79.4 Å². The summed E-state index contributed by atoms with van der Waals surface area (Å²) in [6.07, 6.45) is 4.07. The number of nitrogens with one attached hydrogen (secondary N) is 3. The number of carbonyl (C=O) groups is 5. The van der Waals surface area contributed by atoms with Crippen LogP contribution in [0.4, 0.5) is 0 Å². The number of halogens is 1. The van der Waals surface area contributed by atoms with Crippen molar-refractivity contribution >= 4 is 41.9 Å². The SMILES string of the molecule is Cl.O=C(COc1cccc2c1C(=O)N(C1CCC(=O)NC1=O)C2=O)NCCCCOC1CCNCC1. The average Bonchev–Trinajstić information content (AvgIpc) is 3.11. The molecular weight excluding hydrogens is 492 g/mol. The van der Waals surface area contributed by atoms with Gasteiger partial charge in [0.15, 0.2) is 6.61 Å². The summed E-state index contributed by atoms with van der Waals surface area (Å²) < 4.78 is 11.4. The second-order valence-corrected chi connectivity index (χ2v) is 8.79. The molecule has 1 aromatic carbocycles. The number of rotatable bonds is 10. The van der Waals surface area contributed by atoms with Gasteiger partial charge in [-0.25, -0.2) is 0 Å². The van der Waals surface area contributed by atoms with Gasteiger partial charge in [0.05, 0.1) is 17.2 Å². The molecule has 12 heteroatoms. The zero-order valence-corrected chi connectivity index (χ0v) is 20.7. The molecule has 0 bridgehead atoms. The van der Waals surface area contributed by atoms with E-state index >= 15 is 0 Å². The van der Waals surface area contributed by atoms with Crippen LogP contribution in [0.5, 0.6) is 5.75 Å². The maximum absolute atomic E-state index is 13.0. The van der Waals surface area contributed by atoms with Crippen molar-refractivity contribution in [2.45, 2.75) is 50.7 Å². The van der Waals surface area contributed by atoms with E-state index in [0.29, 0.717) is 19.3 Å². The molecule has 3 aliphatic heterocycles. The molecule has 1 unspecified atom stereocenters. The minimum absolute atomic E-state index is 0. The molecule has 2 fully saturated rings. The summed E-state index contributed by atoms with van der Waals surface area (Å²) in [5.41, 5.74) is 0.122. The van der Waals surface area contributed by atoms with Gasteiger partial charge in [0.1, 0.15) is 11.8 Å². The Morgan fingerprint density at radius 2 is 1.83 bits per heavy atom. The van der Waals surface area contributed by atoms with Crippen LogP contribution in [-0.2, 0) is 19.1 Å². The van der Waals surface area contributed by atoms with Crippen LogP contribution in [0.1, 0.15) is 59.2 Å². The quantitative estimate of drug-likeness (QED) is 0.299. The zero-order valence-electron chi connectivity index (χ0n) is 19.9. The first-order chi connectivity index (χ1) is 17.0. The zero-order chi connectivity index (χ0) is 24.8. The van der Waals surface area contributed by atoms with Crippen LogP contribution in [0, 0.1) is 0 Å². The van der Waals surface area contributed by atoms with Gasteiger partial charge in [-0.15, -0.1) is 12.4 Å². The summed E-state index contributed by atoms with van der Waals surface area (Å²) in [7, 11) is 0. The lowest BCUT2D eigenvalue weighted by molar-refractivity contribution is -0.136. The van der Waals surface area contributed by atoms with Crippen LogP contribution >= 0.6 is 12.4 Å². The summed E-state index contributed by atoms with van der Waals surface area (Å²) in [5.74, 6) is -2.67. The highest BCUT2D eigenvalue weighted by Gasteiger charge is 2.46. The van der Waals surface area contributed by atoms with E-state index in [9.17, 15) is 24.0 Å². The number of fused-ring (bicyclic) bond motifs is 1. The number of carbonyl (C=O) groups excluding carboxylic acids is 5. The minimum atomic E-state index is -1.06. The van der Waals surface area contributed by atoms with Gasteiger partial charge in [-0.2, -0.15) is 0 Å². The fraction of sp³-hybridized carbons (Fsp3) is 0.542. The Morgan fingerprint density at radius 1 is 1.06 bits per heavy atom. The number of hydrogen-bond donors (Lipinski definition) is 3. The highest BCUT2D eigenvalue weighted by molar-refractivity contribution is 6.24. The van der Waals surface area contributed by atoms with Crippen molar-refractivity contribution in [1.29, 1.82) is 0 Å². The van der Waals surface area contributed by atoms with Crippen LogP contribution < -0.4 is 20.7 Å². The van der Waals surface area contributed by atoms with Gasteiger partial charge < -0.3 is 20.1 Å². The summed E-state index contributed by atoms with van der Waals surface area (Å²) in [5, 5.41) is 8.23. The van der Waals surface area contributed by atoms with Crippen LogP contribution in [0.3, 0.4) is 0 Å². The lowest BCUT2D eigenvalue weighted by Gasteiger charge is -2.27. The second-order valence-electron chi connectivity index (χ2n) is 8.79. The maximum Gasteiger partial charge on any atom is 0.266 e. The first-order valence-electron chi connectivity index (χ1n) is 12.0. The Morgan fingerprint density at radius 3 is 2.58 bits per heavy atom. The Bertz CT molecular complexity index is 1010. The molecule has 5 amide bonds. The predicted octanol–water partition coefficient (Wildman–Crippen LogP) is 0.553. The van der Waals surface area contributed by atoms with Crippen LogP contribution in [0.2, 0.25) is 0 Å². The van der Waals surface area contributed by atoms with Crippen molar-refractivity contribution in [3.8, 4) is 5.75 Å². The van der Waals surface area contributed by atoms with Gasteiger partial charge in [-0.1, -0.05) is 6.07 Å². The van der Waals surface area contributed by atoms with Crippen LogP contribution in [0.25, 0.3) is 0 Å². The third-order valence-corrected chi connectivity index (χ3v) is 6.32. The van der Waals surface area contributed by atoms with Gasteiger partial charge in [-0.3, -0.25) is 34.2 Å². The molecule has 196 valence electrons. The molecule has 1 aromatic rings. The van der Waals surface area contributed by atoms with E-state index in [2.05, 4.69) is 16.0 Å². The molecule has 0 saturated carbocycles. The highest BCUT2D eigenvalue weighted by Crippen LogP contribution is 2.33. The van der Waals surface area contributed by atoms with E-state index in [1.807, 2.05) is 0 Å².